The fourth-order valence-corrected chi connectivity index (χ4v) is 2.87. The van der Waals surface area contributed by atoms with Crippen LogP contribution in [0.2, 0.25) is 0 Å². The molecular weight excluding hydrogens is 258 g/mol. The normalized spacial score (nSPS) is 22.0. The van der Waals surface area contributed by atoms with Crippen LogP contribution < -0.4 is 5.32 Å². The van der Waals surface area contributed by atoms with Crippen LogP contribution in [0.25, 0.3) is 10.9 Å². The van der Waals surface area contributed by atoms with Crippen molar-refractivity contribution in [2.75, 3.05) is 5.32 Å². The van der Waals surface area contributed by atoms with E-state index >= 15 is 0 Å². The molecule has 0 aliphatic heterocycles. The van der Waals surface area contributed by atoms with Gasteiger partial charge in [-0.15, -0.1) is 0 Å². The Morgan fingerprint density at radius 1 is 1.30 bits per heavy atom. The maximum atomic E-state index is 12.3. The van der Waals surface area contributed by atoms with E-state index in [0.717, 1.165) is 17.3 Å². The number of hydrogen-bond acceptors (Lipinski definition) is 3. The van der Waals surface area contributed by atoms with Crippen molar-refractivity contribution in [3.63, 3.8) is 0 Å². The highest BCUT2D eigenvalue weighted by Gasteiger charge is 2.37. The van der Waals surface area contributed by atoms with E-state index in [9.17, 15) is 9.59 Å². The minimum Gasteiger partial charge on any atom is -0.481 e. The van der Waals surface area contributed by atoms with Crippen molar-refractivity contribution in [2.24, 2.45) is 11.8 Å². The van der Waals surface area contributed by atoms with E-state index in [2.05, 4.69) is 15.5 Å². The summed E-state index contributed by atoms with van der Waals surface area (Å²) in [4.78, 5) is 23.4. The highest BCUT2D eigenvalue weighted by atomic mass is 16.4. The lowest BCUT2D eigenvalue weighted by molar-refractivity contribution is -0.145. The number of benzene rings is 1. The van der Waals surface area contributed by atoms with Crippen LogP contribution in [-0.2, 0) is 9.59 Å². The third-order valence-electron chi connectivity index (χ3n) is 3.90. The molecule has 2 unspecified atom stereocenters. The van der Waals surface area contributed by atoms with Gasteiger partial charge in [-0.05, 0) is 18.9 Å². The Labute approximate surface area is 115 Å². The third kappa shape index (κ3) is 2.13. The first kappa shape index (κ1) is 12.7. The Bertz CT molecular complexity index is 664. The lowest BCUT2D eigenvalue weighted by atomic mass is 9.95. The van der Waals surface area contributed by atoms with Gasteiger partial charge in [-0.25, -0.2) is 0 Å². The van der Waals surface area contributed by atoms with Crippen molar-refractivity contribution in [3.05, 3.63) is 24.4 Å². The van der Waals surface area contributed by atoms with Gasteiger partial charge in [0, 0.05) is 5.39 Å². The van der Waals surface area contributed by atoms with Crippen LogP contribution in [0.4, 0.5) is 5.69 Å². The van der Waals surface area contributed by atoms with Gasteiger partial charge in [0.2, 0.25) is 5.91 Å². The molecule has 3 N–H and O–H groups in total. The first-order chi connectivity index (χ1) is 9.66. The van der Waals surface area contributed by atoms with Crippen LogP contribution in [0, 0.1) is 11.8 Å². The molecule has 1 fully saturated rings. The summed E-state index contributed by atoms with van der Waals surface area (Å²) in [6.45, 7) is 0. The fourth-order valence-electron chi connectivity index (χ4n) is 2.87. The molecule has 2 atom stereocenters. The van der Waals surface area contributed by atoms with E-state index < -0.39 is 17.8 Å². The Morgan fingerprint density at radius 2 is 2.10 bits per heavy atom. The number of H-pyrrole nitrogens is 1. The lowest BCUT2D eigenvalue weighted by Gasteiger charge is -2.15. The van der Waals surface area contributed by atoms with Crippen LogP contribution in [0.1, 0.15) is 19.3 Å². The molecule has 0 spiro atoms. The molecule has 1 aliphatic rings. The van der Waals surface area contributed by atoms with Crippen LogP contribution >= 0.6 is 0 Å². The van der Waals surface area contributed by atoms with E-state index in [4.69, 9.17) is 5.11 Å². The summed E-state index contributed by atoms with van der Waals surface area (Å²) < 4.78 is 0. The molecule has 1 amide bonds. The first-order valence-corrected chi connectivity index (χ1v) is 6.62. The number of nitrogens with one attached hydrogen (secondary N) is 2. The number of rotatable bonds is 3. The highest BCUT2D eigenvalue weighted by molar-refractivity contribution is 6.02. The van der Waals surface area contributed by atoms with Gasteiger partial charge in [0.05, 0.1) is 29.2 Å². The summed E-state index contributed by atoms with van der Waals surface area (Å²) in [6.07, 6.45) is 3.66. The number of aromatic nitrogens is 2. The molecule has 104 valence electrons. The lowest BCUT2D eigenvalue weighted by Crippen LogP contribution is -2.30. The number of aliphatic carboxylic acids is 1. The van der Waals surface area contributed by atoms with Crippen molar-refractivity contribution in [3.8, 4) is 0 Å². The minimum atomic E-state index is -0.887. The number of carboxylic acids is 1. The van der Waals surface area contributed by atoms with Crippen molar-refractivity contribution in [1.82, 2.24) is 10.2 Å². The second-order valence-electron chi connectivity index (χ2n) is 5.11. The zero-order valence-corrected chi connectivity index (χ0v) is 10.8. The predicted octanol–water partition coefficient (Wildman–Crippen LogP) is 2.00. The van der Waals surface area contributed by atoms with Gasteiger partial charge in [-0.3, -0.25) is 14.7 Å². The SMILES string of the molecule is O=C(O)C1CCCC1C(=O)Nc1cccc2cn[nH]c12. The molecule has 6 nitrogen and oxygen atoms in total. The van der Waals surface area contributed by atoms with E-state index in [-0.39, 0.29) is 5.91 Å². The number of amides is 1. The molecule has 1 aromatic heterocycles. The predicted molar refractivity (Wildman–Crippen MR) is 73.2 cm³/mol. The van der Waals surface area contributed by atoms with Gasteiger partial charge in [0.1, 0.15) is 0 Å². The Morgan fingerprint density at radius 3 is 2.90 bits per heavy atom. The number of nitrogens with zero attached hydrogens (tertiary/aromatic N) is 1. The maximum absolute atomic E-state index is 12.3. The zero-order valence-electron chi connectivity index (χ0n) is 10.8. The summed E-state index contributed by atoms with van der Waals surface area (Å²) in [5.41, 5.74) is 1.40. The standard InChI is InChI=1S/C14H15N3O3/c18-13(9-4-2-5-10(9)14(19)20)16-11-6-1-3-8-7-15-17-12(8)11/h1,3,6-7,9-10H,2,4-5H2,(H,15,17)(H,16,18)(H,19,20). The summed E-state index contributed by atoms with van der Waals surface area (Å²) in [7, 11) is 0. The number of carboxylic acid groups (broad SMARTS) is 1. The number of fused-ring (bicyclic) bond motifs is 1. The van der Waals surface area contributed by atoms with Crippen LogP contribution in [0.5, 0.6) is 0 Å². The maximum Gasteiger partial charge on any atom is 0.307 e. The number of carbonyl (C=O) groups is 2. The van der Waals surface area contributed by atoms with Gasteiger partial charge in [-0.1, -0.05) is 18.6 Å². The smallest absolute Gasteiger partial charge is 0.307 e. The largest absolute Gasteiger partial charge is 0.481 e. The molecule has 2 aromatic rings. The topological polar surface area (TPSA) is 95.1 Å². The number of carbonyl (C=O) groups excluding carboxylic acids is 1. The Balaban J connectivity index is 1.82. The van der Waals surface area contributed by atoms with Gasteiger partial charge >= 0.3 is 5.97 Å². The number of anilines is 1. The van der Waals surface area contributed by atoms with E-state index in [0.29, 0.717) is 18.5 Å². The summed E-state index contributed by atoms with van der Waals surface area (Å²) in [5.74, 6) is -2.14. The van der Waals surface area contributed by atoms with Gasteiger partial charge < -0.3 is 10.4 Å². The highest BCUT2D eigenvalue weighted by Crippen LogP contribution is 2.33. The molecule has 6 heteroatoms. The van der Waals surface area contributed by atoms with Crippen LogP contribution in [-0.4, -0.2) is 27.2 Å². The van der Waals surface area contributed by atoms with Gasteiger partial charge in [0.15, 0.2) is 0 Å². The zero-order chi connectivity index (χ0) is 14.1. The molecule has 1 heterocycles. The minimum absolute atomic E-state index is 0.225. The summed E-state index contributed by atoms with van der Waals surface area (Å²) in [6, 6.07) is 5.50. The number of aromatic amines is 1. The average Bonchev–Trinajstić information content (AvgIpc) is 3.08. The van der Waals surface area contributed by atoms with Gasteiger partial charge in [-0.2, -0.15) is 5.10 Å². The molecule has 1 saturated carbocycles. The molecule has 0 saturated heterocycles. The van der Waals surface area contributed by atoms with Crippen LogP contribution in [0.3, 0.4) is 0 Å². The van der Waals surface area contributed by atoms with Crippen molar-refractivity contribution in [2.45, 2.75) is 19.3 Å². The average molecular weight is 273 g/mol. The molecule has 1 aromatic carbocycles. The third-order valence-corrected chi connectivity index (χ3v) is 3.90. The Hall–Kier alpha value is -2.37. The number of para-hydroxylation sites is 1. The molecule has 1 aliphatic carbocycles. The van der Waals surface area contributed by atoms with E-state index in [1.54, 1.807) is 12.3 Å². The number of hydrogen-bond donors (Lipinski definition) is 3. The molecule has 3 rings (SSSR count). The van der Waals surface area contributed by atoms with Gasteiger partial charge in [0.25, 0.3) is 0 Å². The van der Waals surface area contributed by atoms with Crippen molar-refractivity contribution in [1.29, 1.82) is 0 Å². The summed E-state index contributed by atoms with van der Waals surface area (Å²) >= 11 is 0. The van der Waals surface area contributed by atoms with Crippen molar-refractivity contribution < 1.29 is 14.7 Å². The molecular formula is C14H15N3O3. The molecule has 20 heavy (non-hydrogen) atoms. The molecule has 0 bridgehead atoms. The van der Waals surface area contributed by atoms with E-state index in [1.165, 1.54) is 0 Å². The fraction of sp³-hybridized carbons (Fsp3) is 0.357. The summed E-state index contributed by atoms with van der Waals surface area (Å²) in [5, 5.41) is 19.6. The quantitative estimate of drug-likeness (QED) is 0.797. The molecule has 0 radical (unpaired) electrons. The van der Waals surface area contributed by atoms with E-state index in [1.807, 2.05) is 12.1 Å². The Kier molecular flexibility index (Phi) is 3.14. The van der Waals surface area contributed by atoms with Crippen LogP contribution in [0.15, 0.2) is 24.4 Å². The first-order valence-electron chi connectivity index (χ1n) is 6.62. The monoisotopic (exact) mass is 273 g/mol. The second-order valence-corrected chi connectivity index (χ2v) is 5.11. The van der Waals surface area contributed by atoms with Crippen molar-refractivity contribution >= 4 is 28.5 Å². The second kappa shape index (κ2) is 4.96.